The normalized spacial score (nSPS) is 11.1. The molecule has 0 saturated heterocycles. The number of aromatic nitrogens is 1. The molecule has 1 aromatic carbocycles. The summed E-state index contributed by atoms with van der Waals surface area (Å²) in [6.07, 6.45) is -0.516. The number of anilines is 1. The van der Waals surface area contributed by atoms with Gasteiger partial charge in [-0.25, -0.2) is 14.6 Å². The first-order chi connectivity index (χ1) is 10.7. The molecule has 7 heteroatoms. The smallest absolute Gasteiger partial charge is 0.425 e. The summed E-state index contributed by atoms with van der Waals surface area (Å²) in [5.41, 5.74) is -0.476. The summed E-state index contributed by atoms with van der Waals surface area (Å²) in [7, 11) is 0. The molecule has 0 aliphatic carbocycles. The van der Waals surface area contributed by atoms with Crippen LogP contribution in [0.15, 0.2) is 30.5 Å². The van der Waals surface area contributed by atoms with Crippen LogP contribution in [0.5, 0.6) is 0 Å². The van der Waals surface area contributed by atoms with Gasteiger partial charge in [0, 0.05) is 17.1 Å². The van der Waals surface area contributed by atoms with Crippen LogP contribution in [-0.2, 0) is 4.74 Å². The summed E-state index contributed by atoms with van der Waals surface area (Å²) < 4.78 is 5.08. The average Bonchev–Trinajstić information content (AvgIpc) is 2.44. The molecule has 0 fully saturated rings. The molecule has 1 N–H and O–H groups in total. The molecule has 0 radical (unpaired) electrons. The minimum absolute atomic E-state index is 0.131. The fourth-order valence-corrected chi connectivity index (χ4v) is 1.99. The van der Waals surface area contributed by atoms with Crippen molar-refractivity contribution in [2.45, 2.75) is 26.4 Å². The van der Waals surface area contributed by atoms with E-state index < -0.39 is 17.8 Å². The molecule has 2 amide bonds. The second kappa shape index (κ2) is 6.04. The van der Waals surface area contributed by atoms with Crippen molar-refractivity contribution >= 4 is 35.1 Å². The zero-order valence-electron chi connectivity index (χ0n) is 12.9. The Kier molecular flexibility index (Phi) is 4.31. The van der Waals surface area contributed by atoms with E-state index in [1.54, 1.807) is 39.0 Å². The van der Waals surface area contributed by atoms with E-state index >= 15 is 0 Å². The van der Waals surface area contributed by atoms with Crippen LogP contribution >= 0.6 is 0 Å². The number of carbonyl (C=O) groups excluding carboxylic acids is 2. The highest BCUT2D eigenvalue weighted by Crippen LogP contribution is 2.23. The quantitative estimate of drug-likeness (QED) is 0.852. The number of hydrogen-bond donors (Lipinski definition) is 1. The standard InChI is InChI=1S/C16H16N2O5/c1-16(2,3)23-15(22)18(14(20)21)13-7-12-10(8-17-13)5-4-6-11(12)9-19/h4-9H,1-3H3,(H,20,21). The number of aldehydes is 1. The fourth-order valence-electron chi connectivity index (χ4n) is 1.99. The Labute approximate surface area is 132 Å². The van der Waals surface area contributed by atoms with Crippen molar-refractivity contribution in [2.75, 3.05) is 4.90 Å². The Morgan fingerprint density at radius 2 is 2.00 bits per heavy atom. The van der Waals surface area contributed by atoms with Crippen molar-refractivity contribution < 1.29 is 24.2 Å². The van der Waals surface area contributed by atoms with E-state index in [0.717, 1.165) is 0 Å². The zero-order chi connectivity index (χ0) is 17.2. The number of nitrogens with zero attached hydrogens (tertiary/aromatic N) is 2. The van der Waals surface area contributed by atoms with Crippen LogP contribution in [-0.4, -0.2) is 34.2 Å². The molecule has 0 spiro atoms. The lowest BCUT2D eigenvalue weighted by atomic mass is 10.1. The number of rotatable bonds is 2. The van der Waals surface area contributed by atoms with Gasteiger partial charge in [-0.05, 0) is 32.2 Å². The lowest BCUT2D eigenvalue weighted by molar-refractivity contribution is 0.0581. The SMILES string of the molecule is CC(C)(C)OC(=O)N(C(=O)O)c1cc2c(C=O)cccc2cn1. The number of hydrogen-bond acceptors (Lipinski definition) is 5. The van der Waals surface area contributed by atoms with E-state index in [1.165, 1.54) is 12.3 Å². The maximum atomic E-state index is 12.1. The van der Waals surface area contributed by atoms with Crippen LogP contribution in [0.25, 0.3) is 10.8 Å². The largest absolute Gasteiger partial charge is 0.464 e. The molecule has 7 nitrogen and oxygen atoms in total. The van der Waals surface area contributed by atoms with Gasteiger partial charge in [0.15, 0.2) is 6.29 Å². The zero-order valence-corrected chi connectivity index (χ0v) is 12.9. The second-order valence-electron chi connectivity index (χ2n) is 5.83. The second-order valence-corrected chi connectivity index (χ2v) is 5.83. The molecule has 1 heterocycles. The Morgan fingerprint density at radius 3 is 2.57 bits per heavy atom. The highest BCUT2D eigenvalue weighted by molar-refractivity contribution is 6.09. The van der Waals surface area contributed by atoms with Crippen LogP contribution < -0.4 is 4.90 Å². The molecule has 2 rings (SSSR count). The van der Waals surface area contributed by atoms with Gasteiger partial charge < -0.3 is 9.84 Å². The minimum atomic E-state index is -1.52. The summed E-state index contributed by atoms with van der Waals surface area (Å²) in [5, 5.41) is 10.5. The Balaban J connectivity index is 2.52. The number of fused-ring (bicyclic) bond motifs is 1. The van der Waals surface area contributed by atoms with Gasteiger partial charge in [-0.2, -0.15) is 4.90 Å². The van der Waals surface area contributed by atoms with E-state index in [4.69, 9.17) is 4.74 Å². The predicted octanol–water partition coefficient (Wildman–Crippen LogP) is 3.47. The van der Waals surface area contributed by atoms with Crippen LogP contribution in [0, 0.1) is 0 Å². The molecule has 0 aliphatic heterocycles. The Morgan fingerprint density at radius 1 is 1.30 bits per heavy atom. The van der Waals surface area contributed by atoms with Gasteiger partial charge in [0.25, 0.3) is 0 Å². The molecular weight excluding hydrogens is 300 g/mol. The number of carboxylic acid groups (broad SMARTS) is 1. The van der Waals surface area contributed by atoms with Crippen LogP contribution in [0.3, 0.4) is 0 Å². The topological polar surface area (TPSA) is 96.8 Å². The molecule has 23 heavy (non-hydrogen) atoms. The molecule has 0 saturated carbocycles. The van der Waals surface area contributed by atoms with Gasteiger partial charge in [-0.3, -0.25) is 4.79 Å². The molecule has 1 aromatic heterocycles. The van der Waals surface area contributed by atoms with Crippen LogP contribution in [0.2, 0.25) is 0 Å². The first-order valence-electron chi connectivity index (χ1n) is 6.83. The van der Waals surface area contributed by atoms with E-state index in [1.807, 2.05) is 0 Å². The molecular formula is C16H16N2O5. The third kappa shape index (κ3) is 3.63. The van der Waals surface area contributed by atoms with Crippen LogP contribution in [0.1, 0.15) is 31.1 Å². The van der Waals surface area contributed by atoms with Gasteiger partial charge >= 0.3 is 12.2 Å². The minimum Gasteiger partial charge on any atom is -0.464 e. The molecule has 120 valence electrons. The Hall–Kier alpha value is -2.96. The molecule has 0 aliphatic rings. The van der Waals surface area contributed by atoms with Gasteiger partial charge in [0.1, 0.15) is 11.4 Å². The maximum absolute atomic E-state index is 12.1. The number of benzene rings is 1. The number of amides is 2. The predicted molar refractivity (Wildman–Crippen MR) is 83.9 cm³/mol. The summed E-state index contributed by atoms with van der Waals surface area (Å²) in [6.45, 7) is 4.88. The highest BCUT2D eigenvalue weighted by Gasteiger charge is 2.29. The number of ether oxygens (including phenoxy) is 1. The molecule has 0 atom stereocenters. The van der Waals surface area contributed by atoms with Gasteiger partial charge in [-0.15, -0.1) is 0 Å². The monoisotopic (exact) mass is 316 g/mol. The lowest BCUT2D eigenvalue weighted by Crippen LogP contribution is -2.40. The van der Waals surface area contributed by atoms with Crippen molar-refractivity contribution in [2.24, 2.45) is 0 Å². The molecule has 2 aromatic rings. The van der Waals surface area contributed by atoms with Gasteiger partial charge in [-0.1, -0.05) is 18.2 Å². The van der Waals surface area contributed by atoms with Gasteiger partial charge in [0.2, 0.25) is 0 Å². The van der Waals surface area contributed by atoms with E-state index in [2.05, 4.69) is 4.98 Å². The first kappa shape index (κ1) is 16.4. The van der Waals surface area contributed by atoms with Crippen molar-refractivity contribution in [3.05, 3.63) is 36.0 Å². The summed E-state index contributed by atoms with van der Waals surface area (Å²) >= 11 is 0. The fraction of sp³-hybridized carbons (Fsp3) is 0.250. The highest BCUT2D eigenvalue weighted by atomic mass is 16.6. The first-order valence-corrected chi connectivity index (χ1v) is 6.83. The van der Waals surface area contributed by atoms with E-state index in [9.17, 15) is 19.5 Å². The van der Waals surface area contributed by atoms with Crippen LogP contribution in [0.4, 0.5) is 15.4 Å². The van der Waals surface area contributed by atoms with Crippen molar-refractivity contribution in [1.82, 2.24) is 4.98 Å². The summed E-state index contributed by atoms with van der Waals surface area (Å²) in [5.74, 6) is -0.131. The van der Waals surface area contributed by atoms with Crippen molar-refractivity contribution in [3.63, 3.8) is 0 Å². The summed E-state index contributed by atoms with van der Waals surface area (Å²) in [4.78, 5) is 39.0. The molecule has 0 bridgehead atoms. The van der Waals surface area contributed by atoms with Gasteiger partial charge in [0.05, 0.1) is 0 Å². The average molecular weight is 316 g/mol. The van der Waals surface area contributed by atoms with Crippen molar-refractivity contribution in [3.8, 4) is 0 Å². The van der Waals surface area contributed by atoms with E-state index in [-0.39, 0.29) is 5.82 Å². The lowest BCUT2D eigenvalue weighted by Gasteiger charge is -2.24. The Bertz CT molecular complexity index is 780. The summed E-state index contributed by atoms with van der Waals surface area (Å²) in [6, 6.07) is 6.39. The van der Waals surface area contributed by atoms with E-state index in [0.29, 0.717) is 27.5 Å². The van der Waals surface area contributed by atoms with Crippen molar-refractivity contribution in [1.29, 1.82) is 0 Å². The molecule has 0 unspecified atom stereocenters. The number of imide groups is 1. The maximum Gasteiger partial charge on any atom is 0.425 e. The third-order valence-corrected chi connectivity index (χ3v) is 2.91. The third-order valence-electron chi connectivity index (χ3n) is 2.91. The number of carbonyl (C=O) groups is 3. The number of pyridine rings is 1.